The summed E-state index contributed by atoms with van der Waals surface area (Å²) >= 11 is 0. The fourth-order valence-electron chi connectivity index (χ4n) is 4.55. The zero-order valence-corrected chi connectivity index (χ0v) is 20.4. The lowest BCUT2D eigenvalue weighted by molar-refractivity contribution is -0.129. The fourth-order valence-corrected chi connectivity index (χ4v) is 4.55. The molecule has 1 aliphatic heterocycles. The quantitative estimate of drug-likeness (QED) is 0.365. The van der Waals surface area contributed by atoms with Crippen LogP contribution >= 0.6 is 0 Å². The molecule has 1 amide bonds. The smallest absolute Gasteiger partial charge is 0.226 e. The van der Waals surface area contributed by atoms with Gasteiger partial charge >= 0.3 is 0 Å². The summed E-state index contributed by atoms with van der Waals surface area (Å²) in [5.41, 5.74) is 4.87. The molecule has 0 spiro atoms. The maximum absolute atomic E-state index is 12.8. The van der Waals surface area contributed by atoms with Crippen LogP contribution in [0.5, 0.6) is 0 Å². The number of nitrogens with one attached hydrogen (secondary N) is 2. The van der Waals surface area contributed by atoms with E-state index in [4.69, 9.17) is 4.98 Å². The number of carbonyl (C=O) groups excluding carboxylic acids is 1. The highest BCUT2D eigenvalue weighted by Gasteiger charge is 2.33. The van der Waals surface area contributed by atoms with Gasteiger partial charge in [0, 0.05) is 56.0 Å². The van der Waals surface area contributed by atoms with Gasteiger partial charge in [0.15, 0.2) is 5.82 Å². The monoisotopic (exact) mass is 486 g/mol. The van der Waals surface area contributed by atoms with Gasteiger partial charge in [-0.1, -0.05) is 6.07 Å². The van der Waals surface area contributed by atoms with E-state index in [1.165, 1.54) is 0 Å². The van der Waals surface area contributed by atoms with E-state index < -0.39 is 12.0 Å². The number of carbonyl (C=O) groups is 1. The zero-order chi connectivity index (χ0) is 25.1. The van der Waals surface area contributed by atoms with E-state index in [0.717, 1.165) is 34.0 Å². The molecule has 10 heteroatoms. The molecule has 0 aliphatic carbocycles. The summed E-state index contributed by atoms with van der Waals surface area (Å²) in [6, 6.07) is 11.7. The summed E-state index contributed by atoms with van der Waals surface area (Å²) in [4.78, 5) is 24.1. The lowest BCUT2D eigenvalue weighted by Gasteiger charge is -2.36. The number of nitrogens with zero attached hydrogens (tertiary/aromatic N) is 6. The zero-order valence-electron chi connectivity index (χ0n) is 20.4. The van der Waals surface area contributed by atoms with E-state index in [0.29, 0.717) is 38.3 Å². The van der Waals surface area contributed by atoms with Crippen molar-refractivity contribution in [2.45, 2.75) is 39.3 Å². The minimum Gasteiger partial charge on any atom is -0.390 e. The SMILES string of the molecule is Cc1cc(Cc2cc(C)[nH]n2)nc(N2CC[C@H](C(=O)NCc3ccc(-n4cccn4)nc3)[C@H](O)C2)c1. The maximum atomic E-state index is 12.8. The molecule has 1 fully saturated rings. The molecule has 0 aromatic carbocycles. The molecule has 186 valence electrons. The molecule has 0 saturated carbocycles. The number of hydrogen-bond acceptors (Lipinski definition) is 7. The Morgan fingerprint density at radius 2 is 2.08 bits per heavy atom. The van der Waals surface area contributed by atoms with Crippen LogP contribution in [0.1, 0.15) is 34.6 Å². The third kappa shape index (κ3) is 5.44. The number of aliphatic hydroxyl groups is 1. The van der Waals surface area contributed by atoms with Gasteiger partial charge in [0.2, 0.25) is 5.91 Å². The summed E-state index contributed by atoms with van der Waals surface area (Å²) in [6.07, 6.45) is 5.65. The molecular formula is C26H30N8O2. The van der Waals surface area contributed by atoms with Crippen molar-refractivity contribution in [3.05, 3.63) is 83.2 Å². The van der Waals surface area contributed by atoms with Gasteiger partial charge in [-0.15, -0.1) is 0 Å². The number of aromatic amines is 1. The maximum Gasteiger partial charge on any atom is 0.226 e. The predicted octanol–water partition coefficient (Wildman–Crippen LogP) is 2.10. The van der Waals surface area contributed by atoms with Gasteiger partial charge in [0.1, 0.15) is 5.82 Å². The second-order valence-electron chi connectivity index (χ2n) is 9.31. The van der Waals surface area contributed by atoms with Crippen LogP contribution in [0, 0.1) is 19.8 Å². The van der Waals surface area contributed by atoms with Crippen LogP contribution in [-0.4, -0.2) is 60.2 Å². The molecule has 2 atom stereocenters. The second-order valence-corrected chi connectivity index (χ2v) is 9.31. The summed E-state index contributed by atoms with van der Waals surface area (Å²) in [5, 5.41) is 25.2. The molecule has 5 heterocycles. The highest BCUT2D eigenvalue weighted by atomic mass is 16.3. The van der Waals surface area contributed by atoms with E-state index in [1.54, 1.807) is 17.1 Å². The van der Waals surface area contributed by atoms with Gasteiger partial charge in [-0.2, -0.15) is 10.2 Å². The summed E-state index contributed by atoms with van der Waals surface area (Å²) < 4.78 is 1.68. The van der Waals surface area contributed by atoms with Crippen molar-refractivity contribution >= 4 is 11.7 Å². The number of aliphatic hydroxyl groups excluding tert-OH is 1. The Morgan fingerprint density at radius 3 is 2.78 bits per heavy atom. The van der Waals surface area contributed by atoms with Gasteiger partial charge in [0.05, 0.1) is 17.7 Å². The van der Waals surface area contributed by atoms with E-state index in [9.17, 15) is 9.90 Å². The van der Waals surface area contributed by atoms with E-state index in [-0.39, 0.29) is 5.91 Å². The van der Waals surface area contributed by atoms with E-state index in [2.05, 4.69) is 36.6 Å². The molecule has 4 aromatic rings. The van der Waals surface area contributed by atoms with Crippen molar-refractivity contribution in [3.63, 3.8) is 0 Å². The van der Waals surface area contributed by atoms with Crippen LogP contribution in [0.3, 0.4) is 0 Å². The Balaban J connectivity index is 1.17. The number of anilines is 1. The highest BCUT2D eigenvalue weighted by Crippen LogP contribution is 2.24. The van der Waals surface area contributed by atoms with Crippen LogP contribution < -0.4 is 10.2 Å². The van der Waals surface area contributed by atoms with Crippen LogP contribution in [0.2, 0.25) is 0 Å². The number of hydrogen-bond donors (Lipinski definition) is 3. The van der Waals surface area contributed by atoms with Gasteiger partial charge < -0.3 is 15.3 Å². The van der Waals surface area contributed by atoms with E-state index in [1.807, 2.05) is 50.4 Å². The van der Waals surface area contributed by atoms with Crippen molar-refractivity contribution in [1.82, 2.24) is 35.3 Å². The number of rotatable bonds is 7. The lowest BCUT2D eigenvalue weighted by Crippen LogP contribution is -2.49. The number of piperidine rings is 1. The van der Waals surface area contributed by atoms with Gasteiger partial charge in [-0.05, 0) is 61.7 Å². The molecule has 4 aromatic heterocycles. The molecule has 1 saturated heterocycles. The van der Waals surface area contributed by atoms with Crippen molar-refractivity contribution < 1.29 is 9.90 Å². The highest BCUT2D eigenvalue weighted by molar-refractivity contribution is 5.79. The molecule has 3 N–H and O–H groups in total. The predicted molar refractivity (Wildman–Crippen MR) is 135 cm³/mol. The Bertz CT molecular complexity index is 1320. The third-order valence-electron chi connectivity index (χ3n) is 6.39. The first-order valence-corrected chi connectivity index (χ1v) is 12.1. The molecule has 1 aliphatic rings. The van der Waals surface area contributed by atoms with Crippen molar-refractivity contribution in [2.75, 3.05) is 18.0 Å². The fraction of sp³-hybridized carbons (Fsp3) is 0.346. The van der Waals surface area contributed by atoms with Crippen LogP contribution in [0.15, 0.2) is 55.0 Å². The molecule has 10 nitrogen and oxygen atoms in total. The summed E-state index contributed by atoms with van der Waals surface area (Å²) in [6.45, 7) is 5.37. The Hall–Kier alpha value is -4.05. The minimum absolute atomic E-state index is 0.148. The molecule has 0 bridgehead atoms. The number of β-amino-alcohol motifs (C(OH)–C–C–N with tert-alkyl or cyclic N) is 1. The Kier molecular flexibility index (Phi) is 6.77. The van der Waals surface area contributed by atoms with Gasteiger partial charge in [0.25, 0.3) is 0 Å². The Labute approximate surface area is 209 Å². The molecule has 5 rings (SSSR count). The Morgan fingerprint density at radius 1 is 1.19 bits per heavy atom. The first kappa shape index (κ1) is 23.7. The largest absolute Gasteiger partial charge is 0.390 e. The average molecular weight is 487 g/mol. The molecular weight excluding hydrogens is 456 g/mol. The van der Waals surface area contributed by atoms with Crippen molar-refractivity contribution in [1.29, 1.82) is 0 Å². The van der Waals surface area contributed by atoms with Crippen LogP contribution in [0.25, 0.3) is 5.82 Å². The first-order valence-electron chi connectivity index (χ1n) is 12.1. The average Bonchev–Trinajstić information content (AvgIpc) is 3.54. The van der Waals surface area contributed by atoms with Crippen LogP contribution in [0.4, 0.5) is 5.82 Å². The van der Waals surface area contributed by atoms with Gasteiger partial charge in [-0.3, -0.25) is 9.89 Å². The first-order chi connectivity index (χ1) is 17.4. The normalized spacial score (nSPS) is 17.8. The second kappa shape index (κ2) is 10.3. The third-order valence-corrected chi connectivity index (χ3v) is 6.39. The van der Waals surface area contributed by atoms with Gasteiger partial charge in [-0.25, -0.2) is 14.6 Å². The molecule has 36 heavy (non-hydrogen) atoms. The lowest BCUT2D eigenvalue weighted by atomic mass is 9.92. The topological polar surface area (TPSA) is 125 Å². The standard InChI is InChI=1S/C26H30N8O2/c1-17-10-20(13-21-12-18(2)31-32-21)30-25(11-17)33-9-6-22(23(35)16-33)26(36)28-15-19-4-5-24(27-14-19)34-8-3-7-29-34/h3-5,7-8,10-12,14,22-23,35H,6,9,13,15-16H2,1-2H3,(H,28,36)(H,31,32)/t22-,23+/m0/s1. The minimum atomic E-state index is -0.779. The van der Waals surface area contributed by atoms with Crippen LogP contribution in [-0.2, 0) is 17.8 Å². The van der Waals surface area contributed by atoms with Crippen molar-refractivity contribution in [2.24, 2.45) is 5.92 Å². The number of amides is 1. The summed E-state index contributed by atoms with van der Waals surface area (Å²) in [7, 11) is 0. The molecule has 0 radical (unpaired) electrons. The van der Waals surface area contributed by atoms with Crippen molar-refractivity contribution in [3.8, 4) is 5.82 Å². The summed E-state index contributed by atoms with van der Waals surface area (Å²) in [5.74, 6) is 0.919. The number of pyridine rings is 2. The van der Waals surface area contributed by atoms with E-state index >= 15 is 0 Å². The number of H-pyrrole nitrogens is 1. The molecule has 0 unspecified atom stereocenters. The number of aryl methyl sites for hydroxylation is 2. The number of aromatic nitrogens is 6.